The highest BCUT2D eigenvalue weighted by Gasteiger charge is 2.24. The third-order valence-electron chi connectivity index (χ3n) is 3.73. The maximum atomic E-state index is 12.6. The average molecular weight is 370 g/mol. The van der Waals surface area contributed by atoms with E-state index in [1.807, 2.05) is 23.1 Å². The summed E-state index contributed by atoms with van der Waals surface area (Å²) in [6, 6.07) is 11.1. The van der Waals surface area contributed by atoms with Crippen LogP contribution in [0.1, 0.15) is 17.3 Å². The Hall–Kier alpha value is -1.82. The molecule has 1 fully saturated rings. The van der Waals surface area contributed by atoms with Crippen LogP contribution in [0.4, 0.5) is 0 Å². The molecule has 1 N–H and O–H groups in total. The molecule has 0 spiro atoms. The molecule has 2 aromatic rings. The van der Waals surface area contributed by atoms with Crippen molar-refractivity contribution >= 4 is 30.7 Å². The smallest absolute Gasteiger partial charge is 0.254 e. The first-order valence-corrected chi connectivity index (χ1v) is 7.43. The molecule has 0 radical (unpaired) electrons. The third-order valence-corrected chi connectivity index (χ3v) is 3.73. The molecule has 24 heavy (non-hydrogen) atoms. The Bertz CT molecular complexity index is 655. The van der Waals surface area contributed by atoms with Gasteiger partial charge in [0.25, 0.3) is 5.91 Å². The van der Waals surface area contributed by atoms with Gasteiger partial charge in [-0.1, -0.05) is 6.07 Å². The number of hydrogen-bond donors (Lipinski definition) is 1. The van der Waals surface area contributed by atoms with Crippen LogP contribution in [0.3, 0.4) is 0 Å². The van der Waals surface area contributed by atoms with Gasteiger partial charge in [0.1, 0.15) is 11.5 Å². The lowest BCUT2D eigenvalue weighted by atomic mass is 10.1. The lowest BCUT2D eigenvalue weighted by Gasteiger charge is -2.34. The normalized spacial score (nSPS) is 16.5. The molecular formula is C17H21Cl2N3O2. The number of ether oxygens (including phenoxy) is 1. The van der Waals surface area contributed by atoms with E-state index >= 15 is 0 Å². The van der Waals surface area contributed by atoms with Gasteiger partial charge in [-0.2, -0.15) is 0 Å². The van der Waals surface area contributed by atoms with Gasteiger partial charge in [-0.3, -0.25) is 9.78 Å². The first kappa shape index (κ1) is 20.2. The average Bonchev–Trinajstić information content (AvgIpc) is 2.56. The van der Waals surface area contributed by atoms with Gasteiger partial charge in [-0.15, -0.1) is 24.8 Å². The fourth-order valence-electron chi connectivity index (χ4n) is 2.54. The zero-order valence-corrected chi connectivity index (χ0v) is 15.0. The number of pyridine rings is 1. The molecule has 1 amide bonds. The molecule has 3 rings (SSSR count). The van der Waals surface area contributed by atoms with Gasteiger partial charge in [-0.05, 0) is 37.3 Å². The largest absolute Gasteiger partial charge is 0.457 e. The van der Waals surface area contributed by atoms with E-state index < -0.39 is 0 Å². The molecule has 2 heterocycles. The topological polar surface area (TPSA) is 54.5 Å². The highest BCUT2D eigenvalue weighted by atomic mass is 35.5. The molecule has 1 aliphatic rings. The van der Waals surface area contributed by atoms with Crippen molar-refractivity contribution in [2.45, 2.75) is 13.0 Å². The Labute approximate surface area is 154 Å². The maximum Gasteiger partial charge on any atom is 0.254 e. The minimum atomic E-state index is 0. The Morgan fingerprint density at radius 1 is 1.21 bits per heavy atom. The molecule has 0 aliphatic carbocycles. The lowest BCUT2D eigenvalue weighted by Crippen LogP contribution is -2.52. The van der Waals surface area contributed by atoms with Crippen molar-refractivity contribution in [1.29, 1.82) is 0 Å². The van der Waals surface area contributed by atoms with Crippen LogP contribution in [0.15, 0.2) is 48.8 Å². The monoisotopic (exact) mass is 369 g/mol. The van der Waals surface area contributed by atoms with E-state index in [1.165, 1.54) is 0 Å². The Morgan fingerprint density at radius 2 is 1.96 bits per heavy atom. The number of nitrogens with one attached hydrogen (secondary N) is 1. The highest BCUT2D eigenvalue weighted by molar-refractivity contribution is 5.95. The lowest BCUT2D eigenvalue weighted by molar-refractivity contribution is 0.0655. The molecule has 1 aliphatic heterocycles. The molecule has 7 heteroatoms. The standard InChI is InChI=1S/C17H19N3O2.2ClH/c1-13-12-19-9-10-20(13)17(21)14-3-2-4-16(11-14)22-15-5-7-18-8-6-15;;/h2-8,11,13,19H,9-10,12H2,1H3;2*1H/t13-;;/m1../s1. The summed E-state index contributed by atoms with van der Waals surface area (Å²) in [5.74, 6) is 1.41. The van der Waals surface area contributed by atoms with Gasteiger partial charge < -0.3 is 15.0 Å². The SMILES string of the molecule is C[C@@H]1CNCCN1C(=O)c1cccc(Oc2ccncc2)c1.Cl.Cl. The number of piperazine rings is 1. The van der Waals surface area contributed by atoms with Crippen LogP contribution in [0.5, 0.6) is 11.5 Å². The maximum absolute atomic E-state index is 12.6. The van der Waals surface area contributed by atoms with Gasteiger partial charge in [-0.25, -0.2) is 0 Å². The molecule has 1 saturated heterocycles. The fourth-order valence-corrected chi connectivity index (χ4v) is 2.54. The first-order chi connectivity index (χ1) is 10.7. The van der Waals surface area contributed by atoms with Gasteiger partial charge in [0.15, 0.2) is 0 Å². The Morgan fingerprint density at radius 3 is 2.67 bits per heavy atom. The molecule has 0 bridgehead atoms. The summed E-state index contributed by atoms with van der Waals surface area (Å²) < 4.78 is 5.76. The van der Waals surface area contributed by atoms with Crippen molar-refractivity contribution < 1.29 is 9.53 Å². The van der Waals surface area contributed by atoms with Crippen LogP contribution >= 0.6 is 24.8 Å². The molecule has 130 valence electrons. The van der Waals surface area contributed by atoms with Crippen molar-refractivity contribution in [3.8, 4) is 11.5 Å². The molecular weight excluding hydrogens is 349 g/mol. The van der Waals surface area contributed by atoms with Gasteiger partial charge in [0.05, 0.1) is 0 Å². The molecule has 1 atom stereocenters. The summed E-state index contributed by atoms with van der Waals surface area (Å²) in [5.41, 5.74) is 0.653. The van der Waals surface area contributed by atoms with E-state index in [1.54, 1.807) is 30.6 Å². The minimum Gasteiger partial charge on any atom is -0.457 e. The van der Waals surface area contributed by atoms with Crippen molar-refractivity contribution in [3.05, 3.63) is 54.4 Å². The zero-order chi connectivity index (χ0) is 15.4. The number of benzene rings is 1. The van der Waals surface area contributed by atoms with Crippen LogP contribution in [-0.4, -0.2) is 41.5 Å². The second-order valence-corrected chi connectivity index (χ2v) is 5.36. The third kappa shape index (κ3) is 4.84. The van der Waals surface area contributed by atoms with Crippen LogP contribution in [-0.2, 0) is 0 Å². The molecule has 5 nitrogen and oxygen atoms in total. The summed E-state index contributed by atoms with van der Waals surface area (Å²) in [7, 11) is 0. The zero-order valence-electron chi connectivity index (χ0n) is 13.3. The predicted octanol–water partition coefficient (Wildman–Crippen LogP) is 3.15. The van der Waals surface area contributed by atoms with E-state index in [9.17, 15) is 4.79 Å². The van der Waals surface area contributed by atoms with Gasteiger partial charge in [0.2, 0.25) is 0 Å². The number of nitrogens with zero attached hydrogens (tertiary/aromatic N) is 2. The second kappa shape index (κ2) is 9.47. The van der Waals surface area contributed by atoms with Crippen LogP contribution in [0.25, 0.3) is 0 Å². The number of carbonyl (C=O) groups excluding carboxylic acids is 1. The van der Waals surface area contributed by atoms with E-state index in [2.05, 4.69) is 17.2 Å². The predicted molar refractivity (Wildman–Crippen MR) is 98.6 cm³/mol. The summed E-state index contributed by atoms with van der Waals surface area (Å²) in [6.07, 6.45) is 3.35. The van der Waals surface area contributed by atoms with Crippen molar-refractivity contribution in [3.63, 3.8) is 0 Å². The number of aromatic nitrogens is 1. The molecule has 1 aromatic heterocycles. The van der Waals surface area contributed by atoms with Crippen molar-refractivity contribution in [2.75, 3.05) is 19.6 Å². The van der Waals surface area contributed by atoms with Crippen molar-refractivity contribution in [2.24, 2.45) is 0 Å². The van der Waals surface area contributed by atoms with E-state index in [0.29, 0.717) is 17.1 Å². The number of hydrogen-bond acceptors (Lipinski definition) is 4. The van der Waals surface area contributed by atoms with E-state index in [-0.39, 0.29) is 36.8 Å². The summed E-state index contributed by atoms with van der Waals surface area (Å²) in [5, 5.41) is 3.29. The molecule has 0 unspecified atom stereocenters. The second-order valence-electron chi connectivity index (χ2n) is 5.36. The number of carbonyl (C=O) groups is 1. The summed E-state index contributed by atoms with van der Waals surface area (Å²) in [6.45, 7) is 4.46. The number of rotatable bonds is 3. The number of amides is 1. The Kier molecular flexibility index (Phi) is 7.98. The van der Waals surface area contributed by atoms with Crippen molar-refractivity contribution in [1.82, 2.24) is 15.2 Å². The molecule has 0 saturated carbocycles. The minimum absolute atomic E-state index is 0. The Balaban J connectivity index is 0.00000144. The van der Waals surface area contributed by atoms with Gasteiger partial charge in [0, 0.05) is 43.6 Å². The quantitative estimate of drug-likeness (QED) is 0.902. The summed E-state index contributed by atoms with van der Waals surface area (Å²) in [4.78, 5) is 18.5. The molecule has 1 aromatic carbocycles. The van der Waals surface area contributed by atoms with Crippen LogP contribution < -0.4 is 10.1 Å². The van der Waals surface area contributed by atoms with Crippen LogP contribution in [0.2, 0.25) is 0 Å². The fraction of sp³-hybridized carbons (Fsp3) is 0.294. The van der Waals surface area contributed by atoms with E-state index in [0.717, 1.165) is 19.6 Å². The van der Waals surface area contributed by atoms with E-state index in [4.69, 9.17) is 4.74 Å². The number of halogens is 2. The highest BCUT2D eigenvalue weighted by Crippen LogP contribution is 2.22. The van der Waals surface area contributed by atoms with Crippen LogP contribution in [0, 0.1) is 0 Å². The summed E-state index contributed by atoms with van der Waals surface area (Å²) >= 11 is 0. The first-order valence-electron chi connectivity index (χ1n) is 7.43. The van der Waals surface area contributed by atoms with Gasteiger partial charge >= 0.3 is 0 Å².